The molecule has 1 heterocycles. The monoisotopic (exact) mass is 249 g/mol. The zero-order valence-corrected chi connectivity index (χ0v) is 11.7. The lowest BCUT2D eigenvalue weighted by Crippen LogP contribution is -2.31. The Bertz CT molecular complexity index is 427. The van der Waals surface area contributed by atoms with Crippen LogP contribution in [0.2, 0.25) is 0 Å². The van der Waals surface area contributed by atoms with Crippen molar-refractivity contribution in [2.24, 2.45) is 0 Å². The molecule has 1 atom stereocenters. The molecule has 0 radical (unpaired) electrons. The van der Waals surface area contributed by atoms with Crippen LogP contribution in [0.1, 0.15) is 44.9 Å². The maximum atomic E-state index is 9.57. The Balaban J connectivity index is 2.33. The molecule has 0 aliphatic carbocycles. The van der Waals surface area contributed by atoms with Crippen molar-refractivity contribution in [2.45, 2.75) is 51.8 Å². The molecule has 0 fully saturated rings. The zero-order valence-electron chi connectivity index (χ0n) is 11.7. The molecule has 1 aromatic rings. The Morgan fingerprint density at radius 3 is 2.72 bits per heavy atom. The fraction of sp³-hybridized carbons (Fsp3) is 0.600. The van der Waals surface area contributed by atoms with Crippen LogP contribution in [0.25, 0.3) is 0 Å². The summed E-state index contributed by atoms with van der Waals surface area (Å²) in [5, 5.41) is 12.9. The SMILES string of the molecule is CC(C)NC(CO)c1cccc2c1OC(C)(C)C2. The first-order valence-electron chi connectivity index (χ1n) is 6.60. The number of hydrogen-bond acceptors (Lipinski definition) is 3. The van der Waals surface area contributed by atoms with E-state index in [1.165, 1.54) is 5.56 Å². The van der Waals surface area contributed by atoms with Gasteiger partial charge in [-0.1, -0.05) is 32.0 Å². The predicted molar refractivity (Wildman–Crippen MR) is 73.0 cm³/mol. The van der Waals surface area contributed by atoms with Gasteiger partial charge in [0.15, 0.2) is 0 Å². The van der Waals surface area contributed by atoms with Gasteiger partial charge in [-0.05, 0) is 19.4 Å². The minimum absolute atomic E-state index is 0.0613. The number of para-hydroxylation sites is 1. The molecule has 2 rings (SSSR count). The fourth-order valence-corrected chi connectivity index (χ4v) is 2.56. The van der Waals surface area contributed by atoms with Crippen molar-refractivity contribution in [1.29, 1.82) is 0 Å². The zero-order chi connectivity index (χ0) is 13.3. The van der Waals surface area contributed by atoms with Gasteiger partial charge in [0.2, 0.25) is 0 Å². The maximum Gasteiger partial charge on any atom is 0.128 e. The number of fused-ring (bicyclic) bond motifs is 1. The van der Waals surface area contributed by atoms with E-state index in [9.17, 15) is 5.11 Å². The van der Waals surface area contributed by atoms with Crippen molar-refractivity contribution in [2.75, 3.05) is 6.61 Å². The average molecular weight is 249 g/mol. The number of rotatable bonds is 4. The van der Waals surface area contributed by atoms with Gasteiger partial charge in [0.25, 0.3) is 0 Å². The standard InChI is InChI=1S/C15H23NO2/c1-10(2)16-13(9-17)12-7-5-6-11-8-15(3,4)18-14(11)12/h5-7,10,13,16-17H,8-9H2,1-4H3. The van der Waals surface area contributed by atoms with E-state index in [4.69, 9.17) is 4.74 Å². The Morgan fingerprint density at radius 1 is 1.39 bits per heavy atom. The fourth-order valence-electron chi connectivity index (χ4n) is 2.56. The predicted octanol–water partition coefficient (Wildman–Crippen LogP) is 2.43. The van der Waals surface area contributed by atoms with Crippen LogP contribution in [-0.4, -0.2) is 23.4 Å². The van der Waals surface area contributed by atoms with Crippen LogP contribution < -0.4 is 10.1 Å². The number of aliphatic hydroxyl groups is 1. The molecule has 0 bridgehead atoms. The molecule has 0 saturated heterocycles. The summed E-state index contributed by atoms with van der Waals surface area (Å²) in [7, 11) is 0. The number of aliphatic hydroxyl groups excluding tert-OH is 1. The minimum Gasteiger partial charge on any atom is -0.487 e. The third kappa shape index (κ3) is 2.68. The molecule has 0 aromatic heterocycles. The first kappa shape index (κ1) is 13.4. The molecular formula is C15H23NO2. The van der Waals surface area contributed by atoms with Crippen LogP contribution in [0.4, 0.5) is 0 Å². The van der Waals surface area contributed by atoms with E-state index in [0.717, 1.165) is 17.7 Å². The van der Waals surface area contributed by atoms with Crippen molar-refractivity contribution >= 4 is 0 Å². The smallest absolute Gasteiger partial charge is 0.128 e. The summed E-state index contributed by atoms with van der Waals surface area (Å²) < 4.78 is 6.04. The van der Waals surface area contributed by atoms with Crippen LogP contribution in [0.3, 0.4) is 0 Å². The molecule has 0 spiro atoms. The third-order valence-corrected chi connectivity index (χ3v) is 3.21. The van der Waals surface area contributed by atoms with Crippen molar-refractivity contribution < 1.29 is 9.84 Å². The highest BCUT2D eigenvalue weighted by atomic mass is 16.5. The van der Waals surface area contributed by atoms with Gasteiger partial charge >= 0.3 is 0 Å². The second-order valence-electron chi connectivity index (χ2n) is 5.93. The summed E-state index contributed by atoms with van der Waals surface area (Å²) in [4.78, 5) is 0. The summed E-state index contributed by atoms with van der Waals surface area (Å²) in [6, 6.07) is 6.46. The molecule has 2 N–H and O–H groups in total. The first-order valence-corrected chi connectivity index (χ1v) is 6.60. The average Bonchev–Trinajstić information content (AvgIpc) is 2.59. The van der Waals surface area contributed by atoms with Crippen molar-refractivity contribution in [3.8, 4) is 5.75 Å². The molecule has 100 valence electrons. The van der Waals surface area contributed by atoms with Gasteiger partial charge in [0, 0.05) is 18.0 Å². The van der Waals surface area contributed by atoms with E-state index in [-0.39, 0.29) is 18.2 Å². The summed E-state index contributed by atoms with van der Waals surface area (Å²) >= 11 is 0. The van der Waals surface area contributed by atoms with Gasteiger partial charge in [-0.25, -0.2) is 0 Å². The quantitative estimate of drug-likeness (QED) is 0.861. The Morgan fingerprint density at radius 2 is 2.11 bits per heavy atom. The number of hydrogen-bond donors (Lipinski definition) is 2. The van der Waals surface area contributed by atoms with E-state index >= 15 is 0 Å². The van der Waals surface area contributed by atoms with Gasteiger partial charge in [-0.15, -0.1) is 0 Å². The van der Waals surface area contributed by atoms with Crippen LogP contribution in [0.5, 0.6) is 5.75 Å². The van der Waals surface area contributed by atoms with Crippen molar-refractivity contribution in [3.05, 3.63) is 29.3 Å². The second kappa shape index (κ2) is 4.90. The minimum atomic E-state index is -0.143. The summed E-state index contributed by atoms with van der Waals surface area (Å²) in [5.74, 6) is 0.953. The number of ether oxygens (including phenoxy) is 1. The van der Waals surface area contributed by atoms with E-state index in [1.54, 1.807) is 0 Å². The summed E-state index contributed by atoms with van der Waals surface area (Å²) in [6.45, 7) is 8.44. The Labute approximate surface area is 109 Å². The topological polar surface area (TPSA) is 41.5 Å². The molecular weight excluding hydrogens is 226 g/mol. The molecule has 1 aliphatic rings. The summed E-state index contributed by atoms with van der Waals surface area (Å²) in [6.07, 6.45) is 0.927. The molecule has 1 aromatic carbocycles. The van der Waals surface area contributed by atoms with Gasteiger partial charge in [-0.2, -0.15) is 0 Å². The van der Waals surface area contributed by atoms with E-state index < -0.39 is 0 Å². The normalized spacial score (nSPS) is 18.6. The van der Waals surface area contributed by atoms with Gasteiger partial charge in [-0.3, -0.25) is 0 Å². The lowest BCUT2D eigenvalue weighted by atomic mass is 9.98. The number of nitrogens with one attached hydrogen (secondary N) is 1. The Hall–Kier alpha value is -1.06. The van der Waals surface area contributed by atoms with Crippen LogP contribution in [0, 0.1) is 0 Å². The van der Waals surface area contributed by atoms with Crippen LogP contribution in [0.15, 0.2) is 18.2 Å². The highest BCUT2D eigenvalue weighted by Gasteiger charge is 2.33. The highest BCUT2D eigenvalue weighted by Crippen LogP contribution is 2.39. The van der Waals surface area contributed by atoms with Crippen LogP contribution in [-0.2, 0) is 6.42 Å². The lowest BCUT2D eigenvalue weighted by molar-refractivity contribution is 0.134. The van der Waals surface area contributed by atoms with Gasteiger partial charge in [0.05, 0.1) is 12.6 Å². The van der Waals surface area contributed by atoms with E-state index in [0.29, 0.717) is 6.04 Å². The van der Waals surface area contributed by atoms with Gasteiger partial charge in [0.1, 0.15) is 11.4 Å². The molecule has 18 heavy (non-hydrogen) atoms. The number of benzene rings is 1. The maximum absolute atomic E-state index is 9.57. The highest BCUT2D eigenvalue weighted by molar-refractivity contribution is 5.47. The molecule has 1 aliphatic heterocycles. The molecule has 3 nitrogen and oxygen atoms in total. The van der Waals surface area contributed by atoms with E-state index in [1.807, 2.05) is 12.1 Å². The second-order valence-corrected chi connectivity index (χ2v) is 5.93. The van der Waals surface area contributed by atoms with E-state index in [2.05, 4.69) is 39.1 Å². The van der Waals surface area contributed by atoms with Crippen molar-refractivity contribution in [1.82, 2.24) is 5.32 Å². The molecule has 0 saturated carbocycles. The lowest BCUT2D eigenvalue weighted by Gasteiger charge is -2.23. The van der Waals surface area contributed by atoms with Crippen molar-refractivity contribution in [3.63, 3.8) is 0 Å². The molecule has 0 amide bonds. The molecule has 1 unspecified atom stereocenters. The van der Waals surface area contributed by atoms with Crippen LogP contribution >= 0.6 is 0 Å². The summed E-state index contributed by atoms with van der Waals surface area (Å²) in [5.41, 5.74) is 2.16. The first-order chi connectivity index (χ1) is 8.43. The largest absolute Gasteiger partial charge is 0.487 e. The third-order valence-electron chi connectivity index (χ3n) is 3.21. The Kier molecular flexibility index (Phi) is 3.64. The van der Waals surface area contributed by atoms with Gasteiger partial charge < -0.3 is 15.2 Å². The molecule has 3 heteroatoms.